The van der Waals surface area contributed by atoms with Crippen LogP contribution in [0.25, 0.3) is 17.0 Å². The smallest absolute Gasteiger partial charge is 0.352 e. The summed E-state index contributed by atoms with van der Waals surface area (Å²) in [4.78, 5) is 26.6. The monoisotopic (exact) mass is 510 g/mol. The molecule has 10 nitrogen and oxygen atoms in total. The van der Waals surface area contributed by atoms with Crippen LogP contribution in [0.3, 0.4) is 0 Å². The molecular formula is C28H30N8O2. The van der Waals surface area contributed by atoms with Crippen molar-refractivity contribution < 1.29 is 4.52 Å². The molecule has 6 rings (SSSR count). The Hall–Kier alpha value is -4.47. The van der Waals surface area contributed by atoms with E-state index in [4.69, 9.17) is 4.52 Å². The van der Waals surface area contributed by atoms with Crippen molar-refractivity contribution in [2.75, 3.05) is 36.0 Å². The number of hydrogen-bond acceptors (Lipinski definition) is 8. The van der Waals surface area contributed by atoms with E-state index < -0.39 is 0 Å². The summed E-state index contributed by atoms with van der Waals surface area (Å²) in [6, 6.07) is 20.4. The summed E-state index contributed by atoms with van der Waals surface area (Å²) in [5.74, 6) is 1.60. The average Bonchev–Trinajstić information content (AvgIpc) is 3.53. The van der Waals surface area contributed by atoms with Gasteiger partial charge < -0.3 is 14.3 Å². The summed E-state index contributed by atoms with van der Waals surface area (Å²) < 4.78 is 8.20. The Morgan fingerprint density at radius 1 is 0.921 bits per heavy atom. The summed E-state index contributed by atoms with van der Waals surface area (Å²) in [6.07, 6.45) is 1.54. The predicted molar refractivity (Wildman–Crippen MR) is 146 cm³/mol. The molecule has 0 saturated carbocycles. The molecule has 5 aromatic rings. The second-order valence-corrected chi connectivity index (χ2v) is 10.6. The number of hydrogen-bond donors (Lipinski definition) is 0. The van der Waals surface area contributed by atoms with Gasteiger partial charge in [-0.25, -0.2) is 18.9 Å². The predicted octanol–water partition coefficient (Wildman–Crippen LogP) is 3.61. The minimum Gasteiger partial charge on any atom is -0.368 e. The second-order valence-electron chi connectivity index (χ2n) is 10.6. The number of piperazine rings is 1. The number of aromatic nitrogens is 6. The first-order valence-electron chi connectivity index (χ1n) is 12.8. The van der Waals surface area contributed by atoms with E-state index in [0.29, 0.717) is 17.4 Å². The van der Waals surface area contributed by atoms with Crippen LogP contribution >= 0.6 is 0 Å². The molecule has 1 aliphatic heterocycles. The highest BCUT2D eigenvalue weighted by molar-refractivity contribution is 5.55. The van der Waals surface area contributed by atoms with Crippen molar-refractivity contribution in [3.63, 3.8) is 0 Å². The molecular weight excluding hydrogens is 480 g/mol. The Morgan fingerprint density at radius 2 is 1.63 bits per heavy atom. The van der Waals surface area contributed by atoms with Gasteiger partial charge in [0.05, 0.1) is 0 Å². The lowest BCUT2D eigenvalue weighted by atomic mass is 9.87. The van der Waals surface area contributed by atoms with Crippen LogP contribution in [0.5, 0.6) is 0 Å². The lowest BCUT2D eigenvalue weighted by Gasteiger charge is -2.36. The van der Waals surface area contributed by atoms with E-state index >= 15 is 0 Å². The van der Waals surface area contributed by atoms with Crippen LogP contribution in [0.15, 0.2) is 76.3 Å². The van der Waals surface area contributed by atoms with E-state index in [0.717, 1.165) is 37.6 Å². The maximum Gasteiger partial charge on any atom is 0.352 e. The zero-order valence-corrected chi connectivity index (χ0v) is 21.8. The Labute approximate surface area is 220 Å². The van der Waals surface area contributed by atoms with Crippen LogP contribution in [0, 0.1) is 0 Å². The molecule has 0 N–H and O–H groups in total. The number of fused-ring (bicyclic) bond motifs is 1. The van der Waals surface area contributed by atoms with E-state index in [1.54, 1.807) is 0 Å². The van der Waals surface area contributed by atoms with Crippen LogP contribution in [-0.2, 0) is 12.0 Å². The zero-order valence-electron chi connectivity index (χ0n) is 21.8. The van der Waals surface area contributed by atoms with E-state index in [2.05, 4.69) is 87.2 Å². The van der Waals surface area contributed by atoms with Crippen molar-refractivity contribution in [2.45, 2.75) is 32.7 Å². The van der Waals surface area contributed by atoms with Crippen LogP contribution in [0.1, 0.15) is 32.2 Å². The Morgan fingerprint density at radius 3 is 2.34 bits per heavy atom. The fourth-order valence-corrected chi connectivity index (χ4v) is 4.71. The fraction of sp³-hybridized carbons (Fsp3) is 0.321. The molecule has 0 bridgehead atoms. The van der Waals surface area contributed by atoms with Crippen LogP contribution in [-0.4, -0.2) is 55.5 Å². The standard InChI is InChI=1S/C28H30N8O2/c1-28(2,3)21-11-9-20(10-12-21)26-30-25(38-32-26)18-36-27(37)35-19-29-23(17-24(35)31-36)34-15-13-33(14-16-34)22-7-5-4-6-8-22/h4-12,17,19H,13-16,18H2,1-3H3. The van der Waals surface area contributed by atoms with Gasteiger partial charge in [-0.05, 0) is 23.1 Å². The Bertz CT molecular complexity index is 1600. The molecule has 10 heteroatoms. The molecule has 38 heavy (non-hydrogen) atoms. The maximum atomic E-state index is 12.9. The van der Waals surface area contributed by atoms with Gasteiger partial charge in [-0.15, -0.1) is 5.10 Å². The van der Waals surface area contributed by atoms with Gasteiger partial charge in [0.15, 0.2) is 5.65 Å². The number of rotatable bonds is 5. The molecule has 2 aromatic carbocycles. The Kier molecular flexibility index (Phi) is 5.94. The highest BCUT2D eigenvalue weighted by atomic mass is 16.5. The summed E-state index contributed by atoms with van der Waals surface area (Å²) in [6.45, 7) is 10.1. The van der Waals surface area contributed by atoms with E-state index in [9.17, 15) is 4.79 Å². The van der Waals surface area contributed by atoms with Crippen molar-refractivity contribution in [1.29, 1.82) is 0 Å². The largest absolute Gasteiger partial charge is 0.368 e. The quantitative estimate of drug-likeness (QED) is 0.354. The number of nitrogens with zero attached hydrogens (tertiary/aromatic N) is 8. The third-order valence-electron chi connectivity index (χ3n) is 6.95. The fourth-order valence-electron chi connectivity index (χ4n) is 4.71. The number of para-hydroxylation sites is 1. The van der Waals surface area contributed by atoms with E-state index in [1.165, 1.54) is 26.7 Å². The molecule has 3 aromatic heterocycles. The summed E-state index contributed by atoms with van der Waals surface area (Å²) in [7, 11) is 0. The number of benzene rings is 2. The first kappa shape index (κ1) is 23.9. The highest BCUT2D eigenvalue weighted by Gasteiger charge is 2.20. The topological polar surface area (TPSA) is 97.6 Å². The lowest BCUT2D eigenvalue weighted by Crippen LogP contribution is -2.46. The minimum absolute atomic E-state index is 0.0659. The Balaban J connectivity index is 1.16. The molecule has 0 radical (unpaired) electrons. The summed E-state index contributed by atoms with van der Waals surface area (Å²) in [5, 5.41) is 8.61. The highest BCUT2D eigenvalue weighted by Crippen LogP contribution is 2.25. The SMILES string of the molecule is CC(C)(C)c1ccc(-c2noc(Cn3nc4cc(N5CCN(c6ccccc6)CC5)ncn4c3=O)n2)cc1. The molecule has 1 fully saturated rings. The molecule has 0 amide bonds. The van der Waals surface area contributed by atoms with Gasteiger partial charge in [-0.3, -0.25) is 0 Å². The van der Waals surface area contributed by atoms with Gasteiger partial charge >= 0.3 is 5.69 Å². The lowest BCUT2D eigenvalue weighted by molar-refractivity contribution is 0.364. The first-order chi connectivity index (χ1) is 18.3. The summed E-state index contributed by atoms with van der Waals surface area (Å²) >= 11 is 0. The molecule has 1 aliphatic rings. The van der Waals surface area contributed by atoms with Crippen LogP contribution in [0.4, 0.5) is 11.5 Å². The minimum atomic E-state index is -0.303. The second kappa shape index (κ2) is 9.44. The molecule has 1 saturated heterocycles. The van der Waals surface area contributed by atoms with Crippen molar-refractivity contribution in [3.05, 3.63) is 88.9 Å². The van der Waals surface area contributed by atoms with Gasteiger partial charge in [0.25, 0.3) is 0 Å². The molecule has 0 aliphatic carbocycles. The third kappa shape index (κ3) is 4.65. The zero-order chi connectivity index (χ0) is 26.3. The molecule has 0 atom stereocenters. The maximum absolute atomic E-state index is 12.9. The van der Waals surface area contributed by atoms with Gasteiger partial charge in [-0.1, -0.05) is 68.4 Å². The van der Waals surface area contributed by atoms with E-state index in [1.807, 2.05) is 24.3 Å². The van der Waals surface area contributed by atoms with Crippen LogP contribution in [0.2, 0.25) is 0 Å². The van der Waals surface area contributed by atoms with Crippen molar-refractivity contribution in [2.24, 2.45) is 0 Å². The van der Waals surface area contributed by atoms with Crippen LogP contribution < -0.4 is 15.5 Å². The van der Waals surface area contributed by atoms with Crippen molar-refractivity contribution >= 4 is 17.2 Å². The van der Waals surface area contributed by atoms with Crippen molar-refractivity contribution in [3.8, 4) is 11.4 Å². The van der Waals surface area contributed by atoms with E-state index in [-0.39, 0.29) is 17.6 Å². The molecule has 0 spiro atoms. The molecule has 4 heterocycles. The summed E-state index contributed by atoms with van der Waals surface area (Å²) in [5.41, 5.74) is 3.61. The van der Waals surface area contributed by atoms with Gasteiger partial charge in [-0.2, -0.15) is 4.98 Å². The normalized spacial score (nSPS) is 14.4. The van der Waals surface area contributed by atoms with Crippen molar-refractivity contribution in [1.82, 2.24) is 29.3 Å². The molecule has 0 unspecified atom stereocenters. The molecule has 194 valence electrons. The van der Waals surface area contributed by atoms with Gasteiger partial charge in [0.2, 0.25) is 11.7 Å². The third-order valence-corrected chi connectivity index (χ3v) is 6.95. The average molecular weight is 511 g/mol. The number of anilines is 2. The van der Waals surface area contributed by atoms with Gasteiger partial charge in [0.1, 0.15) is 18.7 Å². The first-order valence-corrected chi connectivity index (χ1v) is 12.8. The van der Waals surface area contributed by atoms with Gasteiger partial charge in [0, 0.05) is 43.5 Å².